The maximum Gasteiger partial charge on any atom is 0.251 e. The average Bonchev–Trinajstić information content (AvgIpc) is 2.88. The zero-order valence-corrected chi connectivity index (χ0v) is 22.3. The van der Waals surface area contributed by atoms with Crippen LogP contribution >= 0.6 is 11.6 Å². The molecule has 3 aromatic rings. The Balaban J connectivity index is 1.59. The van der Waals surface area contributed by atoms with Crippen LogP contribution < -0.4 is 15.5 Å². The molecule has 0 saturated carbocycles. The third-order valence-electron chi connectivity index (χ3n) is 6.92. The Kier molecular flexibility index (Phi) is 8.52. The van der Waals surface area contributed by atoms with E-state index in [0.717, 1.165) is 34.5 Å². The summed E-state index contributed by atoms with van der Waals surface area (Å²) < 4.78 is 0. The molecule has 1 unspecified atom stereocenters. The Morgan fingerprint density at radius 1 is 1.05 bits per heavy atom. The van der Waals surface area contributed by atoms with E-state index in [-0.39, 0.29) is 36.4 Å². The first-order valence-corrected chi connectivity index (χ1v) is 13.1. The number of carbonyl (C=O) groups is 2. The van der Waals surface area contributed by atoms with Crippen molar-refractivity contribution in [3.05, 3.63) is 82.9 Å². The van der Waals surface area contributed by atoms with Crippen LogP contribution in [0.15, 0.2) is 66.7 Å². The highest BCUT2D eigenvalue weighted by atomic mass is 35.5. The molecule has 7 heteroatoms. The minimum Gasteiger partial charge on any atom is -0.396 e. The first-order chi connectivity index (χ1) is 17.8. The summed E-state index contributed by atoms with van der Waals surface area (Å²) in [6.07, 6.45) is 1.43. The second-order valence-electron chi connectivity index (χ2n) is 9.86. The van der Waals surface area contributed by atoms with Gasteiger partial charge < -0.3 is 20.6 Å². The van der Waals surface area contributed by atoms with Crippen LogP contribution in [0.2, 0.25) is 5.02 Å². The van der Waals surface area contributed by atoms with Crippen LogP contribution in [0.5, 0.6) is 0 Å². The molecule has 0 aliphatic carbocycles. The number of halogens is 1. The van der Waals surface area contributed by atoms with Gasteiger partial charge >= 0.3 is 0 Å². The first-order valence-electron chi connectivity index (χ1n) is 12.7. The van der Waals surface area contributed by atoms with Gasteiger partial charge in [-0.3, -0.25) is 9.59 Å². The Bertz CT molecular complexity index is 1240. The Hall–Kier alpha value is -3.35. The van der Waals surface area contributed by atoms with Crippen LogP contribution in [-0.4, -0.2) is 36.1 Å². The topological polar surface area (TPSA) is 81.7 Å². The van der Waals surface area contributed by atoms with Crippen molar-refractivity contribution < 1.29 is 14.7 Å². The molecule has 3 atom stereocenters. The van der Waals surface area contributed by atoms with E-state index in [0.29, 0.717) is 23.6 Å². The van der Waals surface area contributed by atoms with E-state index < -0.39 is 0 Å². The molecule has 3 aromatic carbocycles. The van der Waals surface area contributed by atoms with Gasteiger partial charge in [-0.25, -0.2) is 0 Å². The van der Waals surface area contributed by atoms with Crippen LogP contribution in [0, 0.1) is 5.92 Å². The maximum absolute atomic E-state index is 12.5. The van der Waals surface area contributed by atoms with E-state index in [9.17, 15) is 9.59 Å². The molecular weight excluding hydrogens is 486 g/mol. The van der Waals surface area contributed by atoms with Gasteiger partial charge in [0.05, 0.1) is 6.04 Å². The summed E-state index contributed by atoms with van der Waals surface area (Å²) in [5.74, 6) is 0.116. The van der Waals surface area contributed by atoms with Gasteiger partial charge in [0.2, 0.25) is 5.91 Å². The van der Waals surface area contributed by atoms with E-state index in [1.807, 2.05) is 72.5 Å². The number of benzene rings is 3. The highest BCUT2D eigenvalue weighted by Crippen LogP contribution is 2.41. The van der Waals surface area contributed by atoms with Crippen molar-refractivity contribution in [2.75, 3.05) is 23.4 Å². The van der Waals surface area contributed by atoms with Gasteiger partial charge in [0, 0.05) is 48.1 Å². The molecule has 0 bridgehead atoms. The molecule has 1 aliphatic rings. The van der Waals surface area contributed by atoms with Crippen LogP contribution in [0.25, 0.3) is 11.1 Å². The van der Waals surface area contributed by atoms with Crippen molar-refractivity contribution >= 4 is 34.8 Å². The summed E-state index contributed by atoms with van der Waals surface area (Å²) in [4.78, 5) is 26.9. The van der Waals surface area contributed by atoms with Crippen LogP contribution in [-0.2, 0) is 4.79 Å². The van der Waals surface area contributed by atoms with Gasteiger partial charge in [-0.2, -0.15) is 0 Å². The number of aliphatic hydroxyl groups excluding tert-OH is 1. The van der Waals surface area contributed by atoms with Crippen LogP contribution in [0.4, 0.5) is 11.4 Å². The van der Waals surface area contributed by atoms with E-state index in [4.69, 9.17) is 16.7 Å². The lowest BCUT2D eigenvalue weighted by molar-refractivity contribution is -0.117. The molecule has 3 N–H and O–H groups in total. The second kappa shape index (κ2) is 11.8. The van der Waals surface area contributed by atoms with Crippen molar-refractivity contribution in [3.63, 3.8) is 0 Å². The van der Waals surface area contributed by atoms with Crippen LogP contribution in [0.1, 0.15) is 55.6 Å². The predicted octanol–water partition coefficient (Wildman–Crippen LogP) is 6.05. The number of hydrogen-bond acceptors (Lipinski definition) is 4. The molecule has 194 valence electrons. The summed E-state index contributed by atoms with van der Waals surface area (Å²) in [5, 5.41) is 16.3. The van der Waals surface area contributed by atoms with Crippen molar-refractivity contribution in [3.8, 4) is 11.1 Å². The van der Waals surface area contributed by atoms with Gasteiger partial charge in [0.1, 0.15) is 0 Å². The Morgan fingerprint density at radius 3 is 2.38 bits per heavy atom. The normalized spacial score (nSPS) is 17.6. The van der Waals surface area contributed by atoms with Gasteiger partial charge in [0.25, 0.3) is 5.91 Å². The summed E-state index contributed by atoms with van der Waals surface area (Å²) >= 11 is 6.07. The molecule has 1 aliphatic heterocycles. The minimum atomic E-state index is -0.125. The first kappa shape index (κ1) is 26.7. The molecule has 37 heavy (non-hydrogen) atoms. The SMILES string of the molecule is CC(=O)N1c2ccc(-c3ccc(C(=O)NCC(C)CCO)cc3)cc2[C@H](Nc2ccc(Cl)cc2)C[C@@H]1C. The fourth-order valence-corrected chi connectivity index (χ4v) is 5.04. The maximum atomic E-state index is 12.5. The number of nitrogens with zero attached hydrogens (tertiary/aromatic N) is 1. The fourth-order valence-electron chi connectivity index (χ4n) is 4.91. The highest BCUT2D eigenvalue weighted by molar-refractivity contribution is 6.30. The lowest BCUT2D eigenvalue weighted by Crippen LogP contribution is -2.43. The number of hydrogen-bond donors (Lipinski definition) is 3. The zero-order valence-electron chi connectivity index (χ0n) is 21.5. The smallest absolute Gasteiger partial charge is 0.251 e. The monoisotopic (exact) mass is 519 g/mol. The van der Waals surface area contributed by atoms with E-state index in [1.165, 1.54) is 0 Å². The summed E-state index contributed by atoms with van der Waals surface area (Å²) in [7, 11) is 0. The molecule has 6 nitrogen and oxygen atoms in total. The lowest BCUT2D eigenvalue weighted by Gasteiger charge is -2.39. The Labute approximate surface area is 223 Å². The number of fused-ring (bicyclic) bond motifs is 1. The molecule has 0 radical (unpaired) electrons. The number of aliphatic hydroxyl groups is 1. The molecule has 0 aromatic heterocycles. The van der Waals surface area contributed by atoms with Crippen molar-refractivity contribution in [1.29, 1.82) is 0 Å². The zero-order chi connectivity index (χ0) is 26.5. The quantitative estimate of drug-likeness (QED) is 0.338. The molecule has 4 rings (SSSR count). The summed E-state index contributed by atoms with van der Waals surface area (Å²) in [6.45, 7) is 6.32. The van der Waals surface area contributed by atoms with Crippen LogP contribution in [0.3, 0.4) is 0 Å². The molecule has 0 spiro atoms. The van der Waals surface area contributed by atoms with Crippen molar-refractivity contribution in [2.45, 2.75) is 45.7 Å². The molecule has 1 heterocycles. The summed E-state index contributed by atoms with van der Waals surface area (Å²) in [6, 6.07) is 21.4. The number of carbonyl (C=O) groups excluding carboxylic acids is 2. The van der Waals surface area contributed by atoms with E-state index >= 15 is 0 Å². The third-order valence-corrected chi connectivity index (χ3v) is 7.17. The molecule has 0 fully saturated rings. The average molecular weight is 520 g/mol. The standard InChI is InChI=1S/C30H34ClN3O3/c1-19(14-15-35)18-32-30(37)23-6-4-22(5-7-23)24-8-13-29-27(17-24)28(16-20(2)34(29)21(3)36)33-26-11-9-25(31)10-12-26/h4-13,17,19-20,28,33,35H,14-16,18H2,1-3H3,(H,32,37)/t19?,20-,28+/m0/s1. The highest BCUT2D eigenvalue weighted by Gasteiger charge is 2.32. The molecule has 0 saturated heterocycles. The third kappa shape index (κ3) is 6.32. The predicted molar refractivity (Wildman–Crippen MR) is 150 cm³/mol. The summed E-state index contributed by atoms with van der Waals surface area (Å²) in [5.41, 5.74) is 5.54. The van der Waals surface area contributed by atoms with Gasteiger partial charge in [-0.1, -0.05) is 36.7 Å². The minimum absolute atomic E-state index is 0.0210. The lowest BCUT2D eigenvalue weighted by atomic mass is 9.88. The molecule has 2 amide bonds. The van der Waals surface area contributed by atoms with Gasteiger partial charge in [0.15, 0.2) is 0 Å². The number of nitrogens with one attached hydrogen (secondary N) is 2. The Morgan fingerprint density at radius 2 is 1.73 bits per heavy atom. The van der Waals surface area contributed by atoms with Crippen molar-refractivity contribution in [2.24, 2.45) is 5.92 Å². The number of anilines is 2. The van der Waals surface area contributed by atoms with E-state index in [1.54, 1.807) is 6.92 Å². The fraction of sp³-hybridized carbons (Fsp3) is 0.333. The van der Waals surface area contributed by atoms with Crippen molar-refractivity contribution in [1.82, 2.24) is 5.32 Å². The van der Waals surface area contributed by atoms with Gasteiger partial charge in [-0.15, -0.1) is 0 Å². The largest absolute Gasteiger partial charge is 0.396 e. The number of rotatable bonds is 8. The second-order valence-corrected chi connectivity index (χ2v) is 10.3. The number of amides is 2. The van der Waals surface area contributed by atoms with E-state index in [2.05, 4.69) is 23.6 Å². The van der Waals surface area contributed by atoms with Gasteiger partial charge in [-0.05, 0) is 90.9 Å². The molecular formula is C30H34ClN3O3.